The lowest BCUT2D eigenvalue weighted by Crippen LogP contribution is -2.32. The Kier molecular flexibility index (Phi) is 6.47. The lowest BCUT2D eigenvalue weighted by atomic mass is 10.1. The number of carbonyl (C=O) groups is 2. The molecule has 1 fully saturated rings. The van der Waals surface area contributed by atoms with Crippen molar-refractivity contribution < 1.29 is 9.59 Å². The van der Waals surface area contributed by atoms with Crippen LogP contribution in [-0.4, -0.2) is 30.9 Å². The van der Waals surface area contributed by atoms with Crippen molar-refractivity contribution in [1.82, 2.24) is 5.32 Å². The van der Waals surface area contributed by atoms with Crippen LogP contribution in [-0.2, 0) is 0 Å². The van der Waals surface area contributed by atoms with Gasteiger partial charge in [-0.05, 0) is 63.1 Å². The minimum atomic E-state index is -0.356. The smallest absolute Gasteiger partial charge is 0.257 e. The molecule has 2 amide bonds. The highest BCUT2D eigenvalue weighted by Crippen LogP contribution is 2.28. The van der Waals surface area contributed by atoms with Crippen LogP contribution in [0.3, 0.4) is 0 Å². The summed E-state index contributed by atoms with van der Waals surface area (Å²) in [6.07, 6.45) is 2.22. The molecule has 7 heteroatoms. The summed E-state index contributed by atoms with van der Waals surface area (Å²) < 4.78 is 0. The maximum absolute atomic E-state index is 12.7. The number of benzene rings is 2. The lowest BCUT2D eigenvalue weighted by Gasteiger charge is -2.22. The Morgan fingerprint density at radius 1 is 0.964 bits per heavy atom. The van der Waals surface area contributed by atoms with Crippen LogP contribution in [0.25, 0.3) is 0 Å². The first kappa shape index (κ1) is 20.5. The lowest BCUT2D eigenvalue weighted by molar-refractivity contribution is 0.0942. The zero-order valence-electron chi connectivity index (χ0n) is 15.9. The molecule has 0 atom stereocenters. The first-order valence-electron chi connectivity index (χ1n) is 9.31. The Balaban J connectivity index is 1.89. The van der Waals surface area contributed by atoms with E-state index < -0.39 is 0 Å². The van der Waals surface area contributed by atoms with Crippen LogP contribution in [0.2, 0.25) is 10.0 Å². The van der Waals surface area contributed by atoms with E-state index in [4.69, 9.17) is 23.2 Å². The van der Waals surface area contributed by atoms with Gasteiger partial charge in [0, 0.05) is 35.5 Å². The van der Waals surface area contributed by atoms with Gasteiger partial charge in [-0.15, -0.1) is 0 Å². The normalized spacial score (nSPS) is 13.7. The highest BCUT2D eigenvalue weighted by molar-refractivity contribution is 6.37. The van der Waals surface area contributed by atoms with Gasteiger partial charge in [0.25, 0.3) is 11.8 Å². The van der Waals surface area contributed by atoms with Crippen molar-refractivity contribution in [3.05, 3.63) is 57.6 Å². The Hall–Kier alpha value is -2.24. The van der Waals surface area contributed by atoms with Gasteiger partial charge in [-0.1, -0.05) is 23.2 Å². The van der Waals surface area contributed by atoms with E-state index in [0.29, 0.717) is 21.8 Å². The van der Waals surface area contributed by atoms with E-state index in [1.807, 2.05) is 26.0 Å². The summed E-state index contributed by atoms with van der Waals surface area (Å²) in [6.45, 7) is 5.69. The Bertz CT molecular complexity index is 893. The SMILES string of the molecule is CC(C)NC(=O)c1cc(NC(=O)c2ccc(Cl)cc2Cl)ccc1N1CCCC1. The van der Waals surface area contributed by atoms with Crippen LogP contribution in [0.15, 0.2) is 36.4 Å². The second kappa shape index (κ2) is 8.84. The third kappa shape index (κ3) is 4.78. The quantitative estimate of drug-likeness (QED) is 0.717. The van der Waals surface area contributed by atoms with E-state index in [1.54, 1.807) is 18.2 Å². The summed E-state index contributed by atoms with van der Waals surface area (Å²) in [6, 6.07) is 10.1. The van der Waals surface area contributed by atoms with E-state index in [2.05, 4.69) is 15.5 Å². The summed E-state index contributed by atoms with van der Waals surface area (Å²) in [7, 11) is 0. The first-order valence-corrected chi connectivity index (χ1v) is 10.1. The van der Waals surface area contributed by atoms with Crippen LogP contribution < -0.4 is 15.5 Å². The number of amides is 2. The number of nitrogens with zero attached hydrogens (tertiary/aromatic N) is 1. The molecule has 0 aliphatic carbocycles. The molecule has 0 radical (unpaired) electrons. The highest BCUT2D eigenvalue weighted by atomic mass is 35.5. The molecular formula is C21H23Cl2N3O2. The number of rotatable bonds is 5. The van der Waals surface area contributed by atoms with Crippen molar-refractivity contribution in [3.8, 4) is 0 Å². The molecule has 1 aliphatic rings. The average molecular weight is 420 g/mol. The Morgan fingerprint density at radius 3 is 2.32 bits per heavy atom. The molecule has 2 aromatic carbocycles. The maximum Gasteiger partial charge on any atom is 0.257 e. The summed E-state index contributed by atoms with van der Waals surface area (Å²) in [5.74, 6) is -0.511. The Labute approximate surface area is 175 Å². The Morgan fingerprint density at radius 2 is 1.68 bits per heavy atom. The fourth-order valence-corrected chi connectivity index (χ4v) is 3.74. The standard InChI is InChI=1S/C21H23Cl2N3O2/c1-13(2)24-21(28)17-12-15(6-8-19(17)26-9-3-4-10-26)25-20(27)16-7-5-14(22)11-18(16)23/h5-8,11-13H,3-4,9-10H2,1-2H3,(H,24,28)(H,25,27). The first-order chi connectivity index (χ1) is 13.3. The van der Waals surface area contributed by atoms with Crippen molar-refractivity contribution in [1.29, 1.82) is 0 Å². The fourth-order valence-electron chi connectivity index (χ4n) is 3.24. The van der Waals surface area contributed by atoms with Crippen LogP contribution in [0, 0.1) is 0 Å². The van der Waals surface area contributed by atoms with Gasteiger partial charge in [0.05, 0.1) is 16.1 Å². The van der Waals surface area contributed by atoms with Crippen LogP contribution in [0.5, 0.6) is 0 Å². The summed E-state index contributed by atoms with van der Waals surface area (Å²) >= 11 is 12.0. The number of hydrogen-bond donors (Lipinski definition) is 2. The van der Waals surface area contributed by atoms with Gasteiger partial charge in [-0.3, -0.25) is 9.59 Å². The second-order valence-electron chi connectivity index (χ2n) is 7.13. The maximum atomic E-state index is 12.7. The topological polar surface area (TPSA) is 61.4 Å². The van der Waals surface area contributed by atoms with E-state index in [9.17, 15) is 9.59 Å². The van der Waals surface area contributed by atoms with E-state index >= 15 is 0 Å². The van der Waals surface area contributed by atoms with Gasteiger partial charge in [0.15, 0.2) is 0 Å². The van der Waals surface area contributed by atoms with Crippen LogP contribution in [0.1, 0.15) is 47.4 Å². The molecule has 2 N–H and O–H groups in total. The molecule has 0 unspecified atom stereocenters. The molecule has 148 valence electrons. The molecule has 28 heavy (non-hydrogen) atoms. The zero-order valence-corrected chi connectivity index (χ0v) is 17.4. The third-order valence-electron chi connectivity index (χ3n) is 4.54. The summed E-state index contributed by atoms with van der Waals surface area (Å²) in [4.78, 5) is 27.5. The number of halogens is 2. The second-order valence-corrected chi connectivity index (χ2v) is 7.98. The molecule has 3 rings (SSSR count). The van der Waals surface area contributed by atoms with Crippen molar-refractivity contribution in [3.63, 3.8) is 0 Å². The van der Waals surface area contributed by atoms with Crippen molar-refractivity contribution in [2.45, 2.75) is 32.7 Å². The van der Waals surface area contributed by atoms with E-state index in [0.717, 1.165) is 31.6 Å². The predicted octanol–water partition coefficient (Wildman–Crippen LogP) is 4.98. The van der Waals surface area contributed by atoms with Crippen molar-refractivity contribution in [2.24, 2.45) is 0 Å². The molecule has 0 saturated carbocycles. The molecule has 0 aromatic heterocycles. The number of nitrogens with one attached hydrogen (secondary N) is 2. The van der Waals surface area contributed by atoms with Crippen molar-refractivity contribution >= 4 is 46.4 Å². The minimum Gasteiger partial charge on any atom is -0.371 e. The fraction of sp³-hybridized carbons (Fsp3) is 0.333. The van der Waals surface area contributed by atoms with Gasteiger partial charge < -0.3 is 15.5 Å². The van der Waals surface area contributed by atoms with Gasteiger partial charge in [0.2, 0.25) is 0 Å². The number of carbonyl (C=O) groups excluding carboxylic acids is 2. The molecule has 5 nitrogen and oxygen atoms in total. The van der Waals surface area contributed by atoms with E-state index in [-0.39, 0.29) is 22.9 Å². The molecule has 1 heterocycles. The number of anilines is 2. The van der Waals surface area contributed by atoms with Gasteiger partial charge in [-0.25, -0.2) is 0 Å². The van der Waals surface area contributed by atoms with Gasteiger partial charge in [-0.2, -0.15) is 0 Å². The average Bonchev–Trinajstić information content (AvgIpc) is 3.15. The summed E-state index contributed by atoms with van der Waals surface area (Å²) in [5.41, 5.74) is 2.30. The van der Waals surface area contributed by atoms with Gasteiger partial charge in [0.1, 0.15) is 0 Å². The molecule has 1 aliphatic heterocycles. The molecule has 2 aromatic rings. The van der Waals surface area contributed by atoms with Crippen molar-refractivity contribution in [2.75, 3.05) is 23.3 Å². The predicted molar refractivity (Wildman–Crippen MR) is 115 cm³/mol. The molecule has 0 spiro atoms. The molecular weight excluding hydrogens is 397 g/mol. The van der Waals surface area contributed by atoms with Crippen LogP contribution in [0.4, 0.5) is 11.4 Å². The highest BCUT2D eigenvalue weighted by Gasteiger charge is 2.21. The molecule has 1 saturated heterocycles. The van der Waals surface area contributed by atoms with Crippen LogP contribution >= 0.6 is 23.2 Å². The number of hydrogen-bond acceptors (Lipinski definition) is 3. The largest absolute Gasteiger partial charge is 0.371 e. The van der Waals surface area contributed by atoms with Gasteiger partial charge >= 0.3 is 0 Å². The minimum absolute atomic E-state index is 0.0186. The third-order valence-corrected chi connectivity index (χ3v) is 5.09. The zero-order chi connectivity index (χ0) is 20.3. The summed E-state index contributed by atoms with van der Waals surface area (Å²) in [5, 5.41) is 6.49. The monoisotopic (exact) mass is 419 g/mol. The van der Waals surface area contributed by atoms with E-state index in [1.165, 1.54) is 6.07 Å². The molecule has 0 bridgehead atoms.